The van der Waals surface area contributed by atoms with Crippen LogP contribution in [0.5, 0.6) is 0 Å². The number of aliphatic hydroxyl groups excluding tert-OH is 1. The van der Waals surface area contributed by atoms with Crippen LogP contribution in [0, 0.1) is 11.3 Å². The number of rotatable bonds is 5. The Kier molecular flexibility index (Phi) is 3.88. The Hall–Kier alpha value is -0.690. The summed E-state index contributed by atoms with van der Waals surface area (Å²) >= 11 is 0. The molecule has 6 nitrogen and oxygen atoms in total. The number of amides is 1. The molecule has 0 radical (unpaired) electrons. The second-order valence-electron chi connectivity index (χ2n) is 6.09. The van der Waals surface area contributed by atoms with Crippen LogP contribution < -0.4 is 11.1 Å². The van der Waals surface area contributed by atoms with Crippen molar-refractivity contribution in [1.29, 1.82) is 0 Å². The van der Waals surface area contributed by atoms with Crippen molar-refractivity contribution in [2.24, 2.45) is 17.1 Å². The van der Waals surface area contributed by atoms with Gasteiger partial charge in [-0.1, -0.05) is 13.8 Å². The van der Waals surface area contributed by atoms with Crippen molar-refractivity contribution < 1.29 is 19.4 Å². The van der Waals surface area contributed by atoms with Crippen LogP contribution in [-0.2, 0) is 14.3 Å². The SMILES string of the molecule is COCC(CO)NC(=O)C1(N)C2CCOC2C1(C)C. The summed E-state index contributed by atoms with van der Waals surface area (Å²) in [4.78, 5) is 12.5. The zero-order valence-corrected chi connectivity index (χ0v) is 11.8. The smallest absolute Gasteiger partial charge is 0.241 e. The molecule has 4 atom stereocenters. The van der Waals surface area contributed by atoms with E-state index in [1.54, 1.807) is 0 Å². The maximum atomic E-state index is 12.5. The van der Waals surface area contributed by atoms with Crippen molar-refractivity contribution in [3.05, 3.63) is 0 Å². The minimum atomic E-state index is -0.935. The van der Waals surface area contributed by atoms with Gasteiger partial charge in [-0.2, -0.15) is 0 Å². The second-order valence-corrected chi connectivity index (χ2v) is 6.09. The van der Waals surface area contributed by atoms with Gasteiger partial charge in [-0.25, -0.2) is 0 Å². The topological polar surface area (TPSA) is 93.8 Å². The van der Waals surface area contributed by atoms with Gasteiger partial charge in [0.25, 0.3) is 0 Å². The number of carbonyl (C=O) groups excluding carboxylic acids is 1. The molecule has 1 saturated heterocycles. The van der Waals surface area contributed by atoms with Crippen LogP contribution in [0.25, 0.3) is 0 Å². The van der Waals surface area contributed by atoms with Gasteiger partial charge in [-0.05, 0) is 6.42 Å². The fraction of sp³-hybridized carbons (Fsp3) is 0.923. The zero-order valence-electron chi connectivity index (χ0n) is 11.8. The van der Waals surface area contributed by atoms with Gasteiger partial charge in [0, 0.05) is 25.0 Å². The van der Waals surface area contributed by atoms with Crippen molar-refractivity contribution in [2.75, 3.05) is 26.9 Å². The minimum absolute atomic E-state index is 0.0539. The molecule has 110 valence electrons. The largest absolute Gasteiger partial charge is 0.394 e. The standard InChI is InChI=1S/C13H24N2O4/c1-12(2)10-9(4-5-19-10)13(12,14)11(17)15-8(6-16)7-18-3/h8-10,16H,4-7,14H2,1-3H3,(H,15,17). The van der Waals surface area contributed by atoms with Gasteiger partial charge in [0.15, 0.2) is 0 Å². The predicted octanol–water partition coefficient (Wildman–Crippen LogP) is -0.748. The molecule has 0 aromatic heterocycles. The first-order valence-corrected chi connectivity index (χ1v) is 6.70. The van der Waals surface area contributed by atoms with E-state index in [0.717, 1.165) is 6.42 Å². The van der Waals surface area contributed by atoms with Crippen LogP contribution in [0.15, 0.2) is 0 Å². The number of ether oxygens (including phenoxy) is 2. The van der Waals surface area contributed by atoms with Gasteiger partial charge in [0.2, 0.25) is 5.91 Å². The molecule has 0 spiro atoms. The number of nitrogens with one attached hydrogen (secondary N) is 1. The van der Waals surface area contributed by atoms with Gasteiger partial charge in [-0.15, -0.1) is 0 Å². The molecule has 0 bridgehead atoms. The van der Waals surface area contributed by atoms with E-state index in [4.69, 9.17) is 15.2 Å². The molecular formula is C13H24N2O4. The summed E-state index contributed by atoms with van der Waals surface area (Å²) in [6, 6.07) is -0.421. The van der Waals surface area contributed by atoms with Crippen LogP contribution in [0.3, 0.4) is 0 Å². The molecule has 0 aromatic rings. The highest BCUT2D eigenvalue weighted by molar-refractivity contribution is 5.89. The quantitative estimate of drug-likeness (QED) is 0.612. The molecule has 1 aliphatic heterocycles. The summed E-state index contributed by atoms with van der Waals surface area (Å²) in [5.41, 5.74) is 5.06. The molecule has 1 heterocycles. The maximum Gasteiger partial charge on any atom is 0.241 e. The van der Waals surface area contributed by atoms with Gasteiger partial charge < -0.3 is 25.6 Å². The molecule has 2 fully saturated rings. The average molecular weight is 272 g/mol. The van der Waals surface area contributed by atoms with E-state index >= 15 is 0 Å². The van der Waals surface area contributed by atoms with Crippen LogP contribution in [0.4, 0.5) is 0 Å². The summed E-state index contributed by atoms with van der Waals surface area (Å²) in [5.74, 6) is -0.162. The fourth-order valence-corrected chi connectivity index (χ4v) is 3.49. The number of fused-ring (bicyclic) bond motifs is 1. The third kappa shape index (κ3) is 1.98. The monoisotopic (exact) mass is 272 g/mol. The lowest BCUT2D eigenvalue weighted by atomic mass is 9.48. The lowest BCUT2D eigenvalue weighted by molar-refractivity contribution is -0.176. The van der Waals surface area contributed by atoms with Crippen LogP contribution in [0.2, 0.25) is 0 Å². The zero-order chi connectivity index (χ0) is 14.3. The van der Waals surface area contributed by atoms with E-state index < -0.39 is 17.0 Å². The Labute approximate surface area is 113 Å². The highest BCUT2D eigenvalue weighted by Crippen LogP contribution is 2.58. The van der Waals surface area contributed by atoms with Crippen LogP contribution >= 0.6 is 0 Å². The molecule has 1 aliphatic carbocycles. The molecular weight excluding hydrogens is 248 g/mol. The Balaban J connectivity index is 2.09. The van der Waals surface area contributed by atoms with Gasteiger partial charge in [0.05, 0.1) is 25.4 Å². The lowest BCUT2D eigenvalue weighted by Crippen LogP contribution is -2.80. The predicted molar refractivity (Wildman–Crippen MR) is 69.4 cm³/mol. The molecule has 1 amide bonds. The summed E-state index contributed by atoms with van der Waals surface area (Å²) in [6.45, 7) is 4.68. The molecule has 6 heteroatoms. The second kappa shape index (κ2) is 5.01. The van der Waals surface area contributed by atoms with Gasteiger partial charge >= 0.3 is 0 Å². The maximum absolute atomic E-state index is 12.5. The minimum Gasteiger partial charge on any atom is -0.394 e. The molecule has 4 N–H and O–H groups in total. The number of methoxy groups -OCH3 is 1. The van der Waals surface area contributed by atoms with Crippen molar-refractivity contribution in [2.45, 2.75) is 38.0 Å². The van der Waals surface area contributed by atoms with E-state index in [9.17, 15) is 9.90 Å². The Bertz CT molecular complexity index is 361. The van der Waals surface area contributed by atoms with E-state index in [-0.39, 0.29) is 31.1 Å². The number of carbonyl (C=O) groups is 1. The van der Waals surface area contributed by atoms with Gasteiger partial charge in [-0.3, -0.25) is 4.79 Å². The summed E-state index contributed by atoms with van der Waals surface area (Å²) in [5, 5.41) is 12.0. The first kappa shape index (κ1) is 14.7. The van der Waals surface area contributed by atoms with Crippen molar-refractivity contribution >= 4 is 5.91 Å². The molecule has 19 heavy (non-hydrogen) atoms. The first-order chi connectivity index (χ1) is 8.89. The molecule has 2 rings (SSSR count). The first-order valence-electron chi connectivity index (χ1n) is 6.70. The lowest BCUT2D eigenvalue weighted by Gasteiger charge is -2.60. The number of nitrogens with two attached hydrogens (primary N) is 1. The Morgan fingerprint density at radius 2 is 2.32 bits per heavy atom. The van der Waals surface area contributed by atoms with Crippen molar-refractivity contribution in [3.8, 4) is 0 Å². The molecule has 4 unspecified atom stereocenters. The summed E-state index contributed by atoms with van der Waals surface area (Å²) < 4.78 is 10.6. The van der Waals surface area contributed by atoms with E-state index in [1.807, 2.05) is 13.8 Å². The Morgan fingerprint density at radius 3 is 2.89 bits per heavy atom. The van der Waals surface area contributed by atoms with E-state index in [1.165, 1.54) is 7.11 Å². The van der Waals surface area contributed by atoms with Crippen LogP contribution in [-0.4, -0.2) is 55.6 Å². The third-order valence-electron chi connectivity index (χ3n) is 4.75. The molecule has 2 aliphatic rings. The average Bonchev–Trinajstić information content (AvgIpc) is 2.84. The highest BCUT2D eigenvalue weighted by Gasteiger charge is 2.71. The number of hydrogen-bond donors (Lipinski definition) is 3. The Morgan fingerprint density at radius 1 is 1.63 bits per heavy atom. The van der Waals surface area contributed by atoms with Crippen molar-refractivity contribution in [1.82, 2.24) is 5.32 Å². The van der Waals surface area contributed by atoms with E-state index in [0.29, 0.717) is 6.61 Å². The fourth-order valence-electron chi connectivity index (χ4n) is 3.49. The van der Waals surface area contributed by atoms with Gasteiger partial charge in [0.1, 0.15) is 5.54 Å². The summed E-state index contributed by atoms with van der Waals surface area (Å²) in [6.07, 6.45) is 0.866. The number of hydrogen-bond acceptors (Lipinski definition) is 5. The third-order valence-corrected chi connectivity index (χ3v) is 4.75. The highest BCUT2D eigenvalue weighted by atomic mass is 16.5. The normalized spacial score (nSPS) is 37.3. The molecule has 1 saturated carbocycles. The van der Waals surface area contributed by atoms with Crippen LogP contribution in [0.1, 0.15) is 20.3 Å². The molecule has 0 aromatic carbocycles. The summed E-state index contributed by atoms with van der Waals surface area (Å²) in [7, 11) is 1.53. The number of aliphatic hydroxyl groups is 1. The van der Waals surface area contributed by atoms with Crippen molar-refractivity contribution in [3.63, 3.8) is 0 Å². The van der Waals surface area contributed by atoms with E-state index in [2.05, 4.69) is 5.32 Å².